The largest absolute Gasteiger partial charge is 0.472 e. The molecule has 9 nitrogen and oxygen atoms in total. The number of nitrogens with zero attached hydrogens (tertiary/aromatic N) is 1. The normalized spacial score (nSPS) is 13.6. The van der Waals surface area contributed by atoms with Crippen molar-refractivity contribution in [2.24, 2.45) is 0 Å². The molecule has 298 valence electrons. The van der Waals surface area contributed by atoms with Crippen molar-refractivity contribution in [1.82, 2.24) is 0 Å². The van der Waals surface area contributed by atoms with Gasteiger partial charge in [0.1, 0.15) is 19.8 Å². The third kappa shape index (κ3) is 36.8. The Bertz CT molecular complexity index is 835. The highest BCUT2D eigenvalue weighted by atomic mass is 31.2. The van der Waals surface area contributed by atoms with Gasteiger partial charge in [-0.25, -0.2) is 4.57 Å². The lowest BCUT2D eigenvalue weighted by atomic mass is 10.0. The molecule has 0 saturated carbocycles. The first-order valence-electron chi connectivity index (χ1n) is 20.8. The van der Waals surface area contributed by atoms with Crippen LogP contribution in [0, 0.1) is 0 Å². The van der Waals surface area contributed by atoms with Crippen molar-refractivity contribution in [2.75, 3.05) is 47.5 Å². The average molecular weight is 737 g/mol. The number of quaternary nitrogens is 1. The average Bonchev–Trinajstić information content (AvgIpc) is 3.06. The molecule has 0 aliphatic heterocycles. The topological polar surface area (TPSA) is 108 Å². The first-order valence-corrected chi connectivity index (χ1v) is 22.3. The molecule has 0 radical (unpaired) electrons. The van der Waals surface area contributed by atoms with Crippen LogP contribution < -0.4 is 0 Å². The van der Waals surface area contributed by atoms with Gasteiger partial charge in [0.05, 0.1) is 27.7 Å². The van der Waals surface area contributed by atoms with Gasteiger partial charge in [-0.05, 0) is 12.8 Å². The Morgan fingerprint density at radius 1 is 0.620 bits per heavy atom. The number of phosphoric acid groups is 1. The van der Waals surface area contributed by atoms with Gasteiger partial charge in [0.2, 0.25) is 0 Å². The highest BCUT2D eigenvalue weighted by molar-refractivity contribution is 7.47. The van der Waals surface area contributed by atoms with Crippen molar-refractivity contribution >= 4 is 19.8 Å². The van der Waals surface area contributed by atoms with Crippen LogP contribution in [-0.2, 0) is 32.7 Å². The summed E-state index contributed by atoms with van der Waals surface area (Å²) in [6.45, 7) is 4.44. The smallest absolute Gasteiger partial charge is 0.462 e. The van der Waals surface area contributed by atoms with E-state index in [1.54, 1.807) is 0 Å². The molecule has 2 unspecified atom stereocenters. The van der Waals surface area contributed by atoms with Gasteiger partial charge in [0.25, 0.3) is 0 Å². The van der Waals surface area contributed by atoms with E-state index in [0.717, 1.165) is 38.5 Å². The lowest BCUT2D eigenvalue weighted by Gasteiger charge is -2.24. The van der Waals surface area contributed by atoms with Crippen LogP contribution in [0.2, 0.25) is 0 Å². The summed E-state index contributed by atoms with van der Waals surface area (Å²) in [5.41, 5.74) is 0. The van der Waals surface area contributed by atoms with E-state index in [0.29, 0.717) is 17.4 Å². The number of phosphoric ester groups is 1. The molecule has 0 fully saturated rings. The van der Waals surface area contributed by atoms with Crippen molar-refractivity contribution in [3.63, 3.8) is 0 Å². The quantitative estimate of drug-likeness (QED) is 0.0289. The molecule has 0 rings (SSSR count). The highest BCUT2D eigenvalue weighted by Crippen LogP contribution is 2.43. The summed E-state index contributed by atoms with van der Waals surface area (Å²) in [5.74, 6) is -0.787. The van der Waals surface area contributed by atoms with Crippen LogP contribution in [0.5, 0.6) is 0 Å². The molecule has 10 heteroatoms. The summed E-state index contributed by atoms with van der Waals surface area (Å²) in [4.78, 5) is 35.2. The summed E-state index contributed by atoms with van der Waals surface area (Å²) in [6.07, 6.45) is 31.4. The molecule has 2 atom stereocenters. The SMILES string of the molecule is CCCCCCCCCCCCCCCC(=O)OCC(COP(=O)(O)OCC[N+](C)(C)C)O[14C](=O)CCCCCCCCCCCCCCC. The Labute approximate surface area is 308 Å². The van der Waals surface area contributed by atoms with Crippen LogP contribution in [0.25, 0.3) is 0 Å². The summed E-state index contributed by atoms with van der Waals surface area (Å²) in [5, 5.41) is 0. The lowest BCUT2D eigenvalue weighted by Crippen LogP contribution is -2.37. The fraction of sp³-hybridized carbons (Fsp3) is 0.950. The standard InChI is InChI=1S/C40H80NO8P/c1-6-8-10-12-14-16-18-20-22-24-26-28-30-32-39(42)46-36-38(37-48-50(44,45)47-35-34-41(3,4)5)49-40(43)33-31-29-27-25-23-21-19-17-15-13-11-9-7-2/h38H,6-37H2,1-5H3/p+1/i40+2. The van der Waals surface area contributed by atoms with Gasteiger partial charge in [0, 0.05) is 12.8 Å². The summed E-state index contributed by atoms with van der Waals surface area (Å²) in [7, 11) is 1.49. The Kier molecular flexibility index (Phi) is 33.2. The molecule has 0 saturated heterocycles. The zero-order valence-corrected chi connectivity index (χ0v) is 34.3. The van der Waals surface area contributed by atoms with Crippen LogP contribution in [0.4, 0.5) is 0 Å². The lowest BCUT2D eigenvalue weighted by molar-refractivity contribution is -0.870. The summed E-state index contributed by atoms with van der Waals surface area (Å²) in [6, 6.07) is 0. The third-order valence-electron chi connectivity index (χ3n) is 9.14. The van der Waals surface area contributed by atoms with Crippen LogP contribution in [0.1, 0.15) is 194 Å². The molecule has 0 aromatic rings. The number of ether oxygens (including phenoxy) is 2. The number of likely N-dealkylation sites (N-methyl/N-ethyl adjacent to an activating group) is 1. The van der Waals surface area contributed by atoms with Crippen molar-refractivity contribution < 1.29 is 42.1 Å². The monoisotopic (exact) mass is 737 g/mol. The molecule has 0 aliphatic rings. The number of carbonyl (C=O) groups is 2. The zero-order valence-electron chi connectivity index (χ0n) is 33.4. The maximum Gasteiger partial charge on any atom is 0.472 e. The predicted octanol–water partition coefficient (Wildman–Crippen LogP) is 11.2. The Balaban J connectivity index is 4.36. The second-order valence-corrected chi connectivity index (χ2v) is 16.8. The third-order valence-corrected chi connectivity index (χ3v) is 10.1. The van der Waals surface area contributed by atoms with Crippen molar-refractivity contribution in [1.29, 1.82) is 0 Å². The number of esters is 2. The van der Waals surface area contributed by atoms with E-state index in [2.05, 4.69) is 13.8 Å². The molecule has 0 aromatic carbocycles. The molecule has 50 heavy (non-hydrogen) atoms. The molecular weight excluding hydrogens is 655 g/mol. The molecule has 1 N–H and O–H groups in total. The van der Waals surface area contributed by atoms with Gasteiger partial charge in [0.15, 0.2) is 6.10 Å². The molecule has 0 bridgehead atoms. The molecule has 0 aromatic heterocycles. The fourth-order valence-electron chi connectivity index (χ4n) is 5.84. The number of hydrogen-bond donors (Lipinski definition) is 1. The second-order valence-electron chi connectivity index (χ2n) is 15.4. The Morgan fingerprint density at radius 2 is 1.02 bits per heavy atom. The Hall–Kier alpha value is -0.990. The van der Waals surface area contributed by atoms with Gasteiger partial charge >= 0.3 is 19.8 Å². The van der Waals surface area contributed by atoms with Crippen molar-refractivity contribution in [3.05, 3.63) is 0 Å². The number of rotatable bonds is 38. The second kappa shape index (κ2) is 33.8. The minimum atomic E-state index is -4.36. The van der Waals surface area contributed by atoms with Gasteiger partial charge in [-0.2, -0.15) is 0 Å². The fourth-order valence-corrected chi connectivity index (χ4v) is 6.58. The van der Waals surface area contributed by atoms with E-state index in [-0.39, 0.29) is 25.6 Å². The van der Waals surface area contributed by atoms with Crippen molar-refractivity contribution in [3.8, 4) is 0 Å². The Morgan fingerprint density at radius 3 is 1.44 bits per heavy atom. The first-order chi connectivity index (χ1) is 24.0. The van der Waals surface area contributed by atoms with Gasteiger partial charge in [-0.15, -0.1) is 0 Å². The van der Waals surface area contributed by atoms with E-state index in [4.69, 9.17) is 18.5 Å². The van der Waals surface area contributed by atoms with Crippen LogP contribution in [-0.4, -0.2) is 74.9 Å². The molecule has 0 amide bonds. The maximum atomic E-state index is 12.6. The van der Waals surface area contributed by atoms with E-state index in [1.165, 1.54) is 128 Å². The van der Waals surface area contributed by atoms with Gasteiger partial charge < -0.3 is 18.9 Å². The molecule has 0 heterocycles. The van der Waals surface area contributed by atoms with E-state index >= 15 is 0 Å². The van der Waals surface area contributed by atoms with Crippen LogP contribution >= 0.6 is 7.82 Å². The summed E-state index contributed by atoms with van der Waals surface area (Å²) >= 11 is 0. The number of hydrogen-bond acceptors (Lipinski definition) is 7. The van der Waals surface area contributed by atoms with E-state index < -0.39 is 26.5 Å². The van der Waals surface area contributed by atoms with Gasteiger partial charge in [-0.3, -0.25) is 18.6 Å². The van der Waals surface area contributed by atoms with Crippen molar-refractivity contribution in [2.45, 2.75) is 200 Å². The number of carbonyl (C=O) groups excluding carboxylic acids is 2. The molecule has 0 spiro atoms. The summed E-state index contributed by atoms with van der Waals surface area (Å²) < 4.78 is 34.2. The minimum Gasteiger partial charge on any atom is -0.462 e. The zero-order chi connectivity index (χ0) is 37.2. The highest BCUT2D eigenvalue weighted by Gasteiger charge is 2.27. The minimum absolute atomic E-state index is 0.0366. The first kappa shape index (κ1) is 49.0. The predicted molar refractivity (Wildman–Crippen MR) is 206 cm³/mol. The van der Waals surface area contributed by atoms with E-state index in [9.17, 15) is 19.0 Å². The maximum absolute atomic E-state index is 12.6. The van der Waals surface area contributed by atoms with Crippen LogP contribution in [0.3, 0.4) is 0 Å². The molecule has 0 aliphatic carbocycles. The van der Waals surface area contributed by atoms with Gasteiger partial charge in [-0.1, -0.05) is 168 Å². The van der Waals surface area contributed by atoms with Crippen LogP contribution in [0.15, 0.2) is 0 Å². The molecular formula is C40H81NO8P+. The van der Waals surface area contributed by atoms with E-state index in [1.807, 2.05) is 21.1 Å². The number of unbranched alkanes of at least 4 members (excludes halogenated alkanes) is 24.